The number of thioether (sulfide) groups is 2. The van der Waals surface area contributed by atoms with Crippen molar-refractivity contribution in [1.29, 1.82) is 0 Å². The second-order valence-corrected chi connectivity index (χ2v) is 15.1. The van der Waals surface area contributed by atoms with Crippen molar-refractivity contribution in [2.24, 2.45) is 0 Å². The second kappa shape index (κ2) is 16.4. The molecule has 0 aromatic heterocycles. The number of hydrogen-bond acceptors (Lipinski definition) is 6. The first-order valence-corrected chi connectivity index (χ1v) is 18.4. The Hall–Kier alpha value is -3.48. The van der Waals surface area contributed by atoms with Gasteiger partial charge < -0.3 is 9.47 Å². The standard InChI is InChI=1S/C40H42O4S2/c41-39(43-33-25-35(29-15-5-1-6-16-29)45-36(26-33)30-17-7-2-8-18-30)23-13-14-24-40(42)44-34-27-37(31-19-9-3-10-20-31)46-38(28-34)32-21-11-4-12-22-32/h1-12,15-22,33-38H,13-14,23-28H2. The second-order valence-electron chi connectivity index (χ2n) is 12.2. The van der Waals surface area contributed by atoms with Gasteiger partial charge in [0.05, 0.1) is 0 Å². The van der Waals surface area contributed by atoms with E-state index in [1.165, 1.54) is 22.3 Å². The number of benzene rings is 4. The number of hydrogen-bond donors (Lipinski definition) is 0. The summed E-state index contributed by atoms with van der Waals surface area (Å²) in [6.07, 6.45) is 4.83. The largest absolute Gasteiger partial charge is 0.462 e. The lowest BCUT2D eigenvalue weighted by atomic mass is 9.99. The van der Waals surface area contributed by atoms with Gasteiger partial charge in [-0.3, -0.25) is 9.59 Å². The molecule has 2 aliphatic heterocycles. The predicted octanol–water partition coefficient (Wildman–Crippen LogP) is 10.4. The summed E-state index contributed by atoms with van der Waals surface area (Å²) in [5.41, 5.74) is 5.09. The van der Waals surface area contributed by atoms with Crippen LogP contribution in [0.25, 0.3) is 0 Å². The van der Waals surface area contributed by atoms with Crippen LogP contribution in [0.5, 0.6) is 0 Å². The summed E-state index contributed by atoms with van der Waals surface area (Å²) in [6, 6.07) is 42.1. The molecule has 6 rings (SSSR count). The van der Waals surface area contributed by atoms with Crippen LogP contribution in [-0.2, 0) is 19.1 Å². The molecular formula is C40H42O4S2. The number of carbonyl (C=O) groups is 2. The summed E-state index contributed by atoms with van der Waals surface area (Å²) in [7, 11) is 0. The fourth-order valence-electron chi connectivity index (χ4n) is 6.52. The van der Waals surface area contributed by atoms with Gasteiger partial charge in [-0.05, 0) is 35.1 Å². The van der Waals surface area contributed by atoms with Gasteiger partial charge in [0.1, 0.15) is 12.2 Å². The van der Waals surface area contributed by atoms with Crippen LogP contribution in [0.3, 0.4) is 0 Å². The first-order chi connectivity index (χ1) is 22.6. The van der Waals surface area contributed by atoms with Crippen molar-refractivity contribution in [2.45, 2.75) is 84.6 Å². The molecule has 4 atom stereocenters. The minimum atomic E-state index is -0.176. The summed E-state index contributed by atoms with van der Waals surface area (Å²) >= 11 is 3.92. The lowest BCUT2D eigenvalue weighted by Gasteiger charge is -2.35. The fraction of sp³-hybridized carbons (Fsp3) is 0.350. The van der Waals surface area contributed by atoms with Crippen molar-refractivity contribution < 1.29 is 19.1 Å². The van der Waals surface area contributed by atoms with Crippen molar-refractivity contribution in [3.63, 3.8) is 0 Å². The molecule has 238 valence electrons. The van der Waals surface area contributed by atoms with E-state index in [-0.39, 0.29) is 45.1 Å². The smallest absolute Gasteiger partial charge is 0.306 e. The van der Waals surface area contributed by atoms with E-state index in [1.807, 2.05) is 47.8 Å². The van der Waals surface area contributed by atoms with Gasteiger partial charge in [-0.1, -0.05) is 121 Å². The quantitative estimate of drug-likeness (QED) is 0.119. The molecule has 4 aromatic carbocycles. The molecule has 0 radical (unpaired) electrons. The lowest BCUT2D eigenvalue weighted by Crippen LogP contribution is -2.26. The molecule has 0 amide bonds. The molecule has 46 heavy (non-hydrogen) atoms. The average Bonchev–Trinajstić information content (AvgIpc) is 3.11. The Kier molecular flexibility index (Phi) is 11.6. The molecule has 0 aliphatic carbocycles. The van der Waals surface area contributed by atoms with Crippen LogP contribution >= 0.6 is 23.5 Å². The summed E-state index contributed by atoms with van der Waals surface area (Å²) in [5.74, 6) is -0.353. The van der Waals surface area contributed by atoms with Crippen LogP contribution in [-0.4, -0.2) is 24.1 Å². The zero-order valence-electron chi connectivity index (χ0n) is 26.1. The van der Waals surface area contributed by atoms with Crippen molar-refractivity contribution in [3.8, 4) is 0 Å². The molecule has 0 saturated carbocycles. The number of unbranched alkanes of at least 4 members (excludes halogenated alkanes) is 1. The molecule has 4 aromatic rings. The Morgan fingerprint density at radius 2 is 0.717 bits per heavy atom. The summed E-state index contributed by atoms with van der Waals surface area (Å²) in [4.78, 5) is 25.9. The zero-order chi connectivity index (χ0) is 31.6. The molecule has 4 nitrogen and oxygen atoms in total. The van der Waals surface area contributed by atoms with Gasteiger partial charge in [-0.2, -0.15) is 0 Å². The maximum atomic E-state index is 13.0. The van der Waals surface area contributed by atoms with Crippen molar-refractivity contribution >= 4 is 35.5 Å². The maximum Gasteiger partial charge on any atom is 0.306 e. The molecule has 2 saturated heterocycles. The highest BCUT2D eigenvalue weighted by atomic mass is 32.2. The van der Waals surface area contributed by atoms with Gasteiger partial charge in [-0.25, -0.2) is 0 Å². The third-order valence-electron chi connectivity index (χ3n) is 8.86. The highest BCUT2D eigenvalue weighted by molar-refractivity contribution is 8.00. The Labute approximate surface area is 281 Å². The molecule has 2 heterocycles. The Morgan fingerprint density at radius 1 is 0.457 bits per heavy atom. The van der Waals surface area contributed by atoms with Crippen LogP contribution in [0.4, 0.5) is 0 Å². The normalized spacial score (nSPS) is 24.5. The molecule has 2 fully saturated rings. The minimum Gasteiger partial charge on any atom is -0.462 e. The maximum absolute atomic E-state index is 13.0. The van der Waals surface area contributed by atoms with Gasteiger partial charge in [-0.15, -0.1) is 23.5 Å². The van der Waals surface area contributed by atoms with Crippen LogP contribution in [0.1, 0.15) is 94.6 Å². The van der Waals surface area contributed by atoms with Gasteiger partial charge in [0.15, 0.2) is 0 Å². The Morgan fingerprint density at radius 3 is 0.978 bits per heavy atom. The molecule has 2 aliphatic rings. The number of ether oxygens (including phenoxy) is 2. The van der Waals surface area contributed by atoms with Crippen LogP contribution in [0.15, 0.2) is 121 Å². The van der Waals surface area contributed by atoms with Gasteiger partial charge in [0, 0.05) is 59.5 Å². The zero-order valence-corrected chi connectivity index (χ0v) is 27.8. The first-order valence-electron chi connectivity index (χ1n) is 16.5. The minimum absolute atomic E-state index is 0.131. The molecule has 4 unspecified atom stereocenters. The van der Waals surface area contributed by atoms with E-state index in [0.29, 0.717) is 25.7 Å². The van der Waals surface area contributed by atoms with Gasteiger partial charge in [0.25, 0.3) is 0 Å². The van der Waals surface area contributed by atoms with Gasteiger partial charge >= 0.3 is 11.9 Å². The van der Waals surface area contributed by atoms with E-state index in [9.17, 15) is 9.59 Å². The lowest BCUT2D eigenvalue weighted by molar-refractivity contribution is -0.152. The van der Waals surface area contributed by atoms with E-state index < -0.39 is 0 Å². The van der Waals surface area contributed by atoms with Gasteiger partial charge in [0.2, 0.25) is 0 Å². The van der Waals surface area contributed by atoms with Crippen LogP contribution < -0.4 is 0 Å². The monoisotopic (exact) mass is 650 g/mol. The van der Waals surface area contributed by atoms with Crippen molar-refractivity contribution in [1.82, 2.24) is 0 Å². The number of rotatable bonds is 11. The Bertz CT molecular complexity index is 1300. The molecule has 0 bridgehead atoms. The van der Waals surface area contributed by atoms with E-state index >= 15 is 0 Å². The topological polar surface area (TPSA) is 52.6 Å². The summed E-state index contributed by atoms with van der Waals surface area (Å²) in [5, 5.41) is 1.09. The van der Waals surface area contributed by atoms with E-state index in [4.69, 9.17) is 9.47 Å². The third kappa shape index (κ3) is 9.07. The highest BCUT2D eigenvalue weighted by Crippen LogP contribution is 2.52. The van der Waals surface area contributed by atoms with Crippen molar-refractivity contribution in [3.05, 3.63) is 144 Å². The summed E-state index contributed by atoms with van der Waals surface area (Å²) in [6.45, 7) is 0. The average molecular weight is 651 g/mol. The van der Waals surface area contributed by atoms with Crippen molar-refractivity contribution in [2.75, 3.05) is 0 Å². The van der Waals surface area contributed by atoms with Crippen LogP contribution in [0, 0.1) is 0 Å². The predicted molar refractivity (Wildman–Crippen MR) is 189 cm³/mol. The van der Waals surface area contributed by atoms with E-state index in [0.717, 1.165) is 25.7 Å². The molecular weight excluding hydrogens is 609 g/mol. The molecule has 6 heteroatoms. The molecule has 0 spiro atoms. The SMILES string of the molecule is O=C(CCCCC(=O)OC1CC(c2ccccc2)SC(c2ccccc2)C1)OC1CC(c2ccccc2)SC(c2ccccc2)C1. The fourth-order valence-corrected chi connectivity index (χ4v) is 9.87. The van der Waals surface area contributed by atoms with E-state index in [1.54, 1.807) is 0 Å². The Balaban J connectivity index is 0.981. The third-order valence-corrected chi connectivity index (χ3v) is 12.0. The number of esters is 2. The van der Waals surface area contributed by atoms with E-state index in [2.05, 4.69) is 97.1 Å². The number of carbonyl (C=O) groups excluding carboxylic acids is 2. The summed E-state index contributed by atoms with van der Waals surface area (Å²) < 4.78 is 12.1. The molecule has 0 N–H and O–H groups in total. The highest BCUT2D eigenvalue weighted by Gasteiger charge is 2.34. The van der Waals surface area contributed by atoms with Crippen LogP contribution in [0.2, 0.25) is 0 Å². The first kappa shape index (κ1) is 32.5.